The average molecular weight is 339 g/mol. The fourth-order valence-corrected chi connectivity index (χ4v) is 4.10. The molecule has 1 aliphatic heterocycles. The third-order valence-corrected chi connectivity index (χ3v) is 5.68. The summed E-state index contributed by atoms with van der Waals surface area (Å²) in [5.41, 5.74) is 0.584. The molecule has 2 aromatic rings. The number of rotatable bonds is 4. The topological polar surface area (TPSA) is 66.7 Å². The van der Waals surface area contributed by atoms with Crippen LogP contribution in [-0.2, 0) is 15.8 Å². The third-order valence-electron chi connectivity index (χ3n) is 3.83. The second kappa shape index (κ2) is 6.29. The van der Waals surface area contributed by atoms with Crippen LogP contribution in [0.25, 0.3) is 0 Å². The lowest BCUT2D eigenvalue weighted by Gasteiger charge is -2.33. The predicted molar refractivity (Wildman–Crippen MR) is 84.0 cm³/mol. The number of piperazine rings is 1. The van der Waals surface area contributed by atoms with Crippen LogP contribution in [0.4, 0.5) is 10.2 Å². The first-order valence-corrected chi connectivity index (χ1v) is 8.95. The number of benzene rings is 1. The summed E-state index contributed by atoms with van der Waals surface area (Å²) < 4.78 is 44.4. The highest BCUT2D eigenvalue weighted by Crippen LogP contribution is 2.19. The number of hydrogen-bond donors (Lipinski definition) is 0. The summed E-state index contributed by atoms with van der Waals surface area (Å²) >= 11 is 0. The van der Waals surface area contributed by atoms with E-state index in [9.17, 15) is 12.8 Å². The second-order valence-corrected chi connectivity index (χ2v) is 7.53. The van der Waals surface area contributed by atoms with E-state index in [1.165, 1.54) is 28.6 Å². The van der Waals surface area contributed by atoms with Gasteiger partial charge >= 0.3 is 0 Å². The van der Waals surface area contributed by atoms with Crippen molar-refractivity contribution >= 4 is 15.8 Å². The molecule has 0 unspecified atom stereocenters. The number of nitrogens with zero attached hydrogens (tertiary/aromatic N) is 3. The molecule has 0 N–H and O–H groups in total. The molecule has 6 nitrogen and oxygen atoms in total. The van der Waals surface area contributed by atoms with Gasteiger partial charge < -0.3 is 9.42 Å². The van der Waals surface area contributed by atoms with Crippen LogP contribution in [-0.4, -0.2) is 44.1 Å². The van der Waals surface area contributed by atoms with Crippen molar-refractivity contribution in [1.82, 2.24) is 9.46 Å². The summed E-state index contributed by atoms with van der Waals surface area (Å²) in [5.74, 6) is 0.975. The molecule has 8 heteroatoms. The van der Waals surface area contributed by atoms with Gasteiger partial charge in [-0.25, -0.2) is 12.8 Å². The third kappa shape index (κ3) is 3.70. The lowest BCUT2D eigenvalue weighted by atomic mass is 10.2. The van der Waals surface area contributed by atoms with Crippen LogP contribution in [0.1, 0.15) is 11.3 Å². The predicted octanol–water partition coefficient (Wildman–Crippen LogP) is 1.77. The standard InChI is InChI=1S/C15H18FN3O3S/c1-12-10-15(17-22-12)18-6-8-19(9-7-18)23(20,21)11-13-2-4-14(16)5-3-13/h2-5,10H,6-9,11H2,1H3. The van der Waals surface area contributed by atoms with E-state index in [0.29, 0.717) is 31.7 Å². The molecule has 0 radical (unpaired) electrons. The average Bonchev–Trinajstić information content (AvgIpc) is 2.96. The van der Waals surface area contributed by atoms with Crippen molar-refractivity contribution in [2.24, 2.45) is 0 Å². The minimum atomic E-state index is -3.41. The van der Waals surface area contributed by atoms with Crippen molar-refractivity contribution in [3.63, 3.8) is 0 Å². The van der Waals surface area contributed by atoms with Crippen molar-refractivity contribution in [3.8, 4) is 0 Å². The molecule has 124 valence electrons. The fourth-order valence-electron chi connectivity index (χ4n) is 2.58. The number of sulfonamides is 1. The highest BCUT2D eigenvalue weighted by Gasteiger charge is 2.28. The van der Waals surface area contributed by atoms with E-state index in [1.54, 1.807) is 0 Å². The van der Waals surface area contributed by atoms with Crippen LogP contribution in [0.5, 0.6) is 0 Å². The highest BCUT2D eigenvalue weighted by molar-refractivity contribution is 7.88. The molecule has 1 aromatic heterocycles. The zero-order chi connectivity index (χ0) is 16.4. The van der Waals surface area contributed by atoms with Crippen LogP contribution in [0.2, 0.25) is 0 Å². The highest BCUT2D eigenvalue weighted by atomic mass is 32.2. The zero-order valence-electron chi connectivity index (χ0n) is 12.8. The summed E-state index contributed by atoms with van der Waals surface area (Å²) in [4.78, 5) is 2.00. The lowest BCUT2D eigenvalue weighted by molar-refractivity contribution is 0.371. The summed E-state index contributed by atoms with van der Waals surface area (Å²) in [6.07, 6.45) is 0. The van der Waals surface area contributed by atoms with Gasteiger partial charge in [0, 0.05) is 32.2 Å². The molecule has 23 heavy (non-hydrogen) atoms. The summed E-state index contributed by atoms with van der Waals surface area (Å²) in [6, 6.07) is 7.39. The van der Waals surface area contributed by atoms with Gasteiger partial charge in [-0.2, -0.15) is 4.31 Å². The summed E-state index contributed by atoms with van der Waals surface area (Å²) in [5, 5.41) is 3.95. The molecule has 1 aliphatic rings. The zero-order valence-corrected chi connectivity index (χ0v) is 13.6. The Bertz CT molecular complexity index is 766. The molecule has 0 saturated carbocycles. The van der Waals surface area contributed by atoms with E-state index < -0.39 is 10.0 Å². The summed E-state index contributed by atoms with van der Waals surface area (Å²) in [7, 11) is -3.41. The fraction of sp³-hybridized carbons (Fsp3) is 0.400. The number of anilines is 1. The maximum atomic E-state index is 12.9. The molecule has 1 fully saturated rings. The van der Waals surface area contributed by atoms with Crippen LogP contribution in [0.3, 0.4) is 0 Å². The Morgan fingerprint density at radius 2 is 1.83 bits per heavy atom. The van der Waals surface area contributed by atoms with Gasteiger partial charge in [-0.05, 0) is 24.6 Å². The maximum absolute atomic E-state index is 12.9. The molecule has 3 rings (SSSR count). The van der Waals surface area contributed by atoms with Gasteiger partial charge in [0.05, 0.1) is 5.75 Å². The molecular formula is C15H18FN3O3S. The van der Waals surface area contributed by atoms with E-state index in [1.807, 2.05) is 17.9 Å². The van der Waals surface area contributed by atoms with Crippen LogP contribution in [0.15, 0.2) is 34.9 Å². The van der Waals surface area contributed by atoms with Gasteiger partial charge in [-0.1, -0.05) is 17.3 Å². The smallest absolute Gasteiger partial charge is 0.218 e. The van der Waals surface area contributed by atoms with E-state index in [4.69, 9.17) is 4.52 Å². The van der Waals surface area contributed by atoms with Crippen molar-refractivity contribution in [3.05, 3.63) is 47.5 Å². The second-order valence-electron chi connectivity index (χ2n) is 5.56. The van der Waals surface area contributed by atoms with Gasteiger partial charge in [0.1, 0.15) is 11.6 Å². The SMILES string of the molecule is Cc1cc(N2CCN(S(=O)(=O)Cc3ccc(F)cc3)CC2)no1. The molecule has 0 aliphatic carbocycles. The quantitative estimate of drug-likeness (QED) is 0.849. The normalized spacial score (nSPS) is 16.7. The molecule has 0 amide bonds. The minimum Gasteiger partial charge on any atom is -0.360 e. The Hall–Kier alpha value is -1.93. The Balaban J connectivity index is 1.63. The monoisotopic (exact) mass is 339 g/mol. The molecule has 1 saturated heterocycles. The van der Waals surface area contributed by atoms with Gasteiger partial charge in [0.25, 0.3) is 0 Å². The van der Waals surface area contributed by atoms with Gasteiger partial charge in [-0.3, -0.25) is 0 Å². The summed E-state index contributed by atoms with van der Waals surface area (Å²) in [6.45, 7) is 3.74. The Morgan fingerprint density at radius 3 is 2.39 bits per heavy atom. The molecular weight excluding hydrogens is 321 g/mol. The van der Waals surface area contributed by atoms with Crippen LogP contribution in [0, 0.1) is 12.7 Å². The minimum absolute atomic E-state index is 0.115. The first-order valence-electron chi connectivity index (χ1n) is 7.34. The van der Waals surface area contributed by atoms with Crippen molar-refractivity contribution in [2.75, 3.05) is 31.1 Å². The number of halogens is 1. The Kier molecular flexibility index (Phi) is 4.36. The number of aryl methyl sites for hydroxylation is 1. The Morgan fingerprint density at radius 1 is 1.17 bits per heavy atom. The van der Waals surface area contributed by atoms with Gasteiger partial charge in [0.15, 0.2) is 5.82 Å². The van der Waals surface area contributed by atoms with Crippen molar-refractivity contribution in [2.45, 2.75) is 12.7 Å². The number of hydrogen-bond acceptors (Lipinski definition) is 5. The largest absolute Gasteiger partial charge is 0.360 e. The van der Waals surface area contributed by atoms with E-state index in [0.717, 1.165) is 11.6 Å². The van der Waals surface area contributed by atoms with E-state index in [-0.39, 0.29) is 11.6 Å². The first kappa shape index (κ1) is 15.9. The van der Waals surface area contributed by atoms with E-state index >= 15 is 0 Å². The van der Waals surface area contributed by atoms with E-state index in [2.05, 4.69) is 5.16 Å². The molecule has 2 heterocycles. The van der Waals surface area contributed by atoms with Crippen LogP contribution >= 0.6 is 0 Å². The molecule has 1 aromatic carbocycles. The van der Waals surface area contributed by atoms with Crippen LogP contribution < -0.4 is 4.90 Å². The maximum Gasteiger partial charge on any atom is 0.218 e. The molecule has 0 spiro atoms. The van der Waals surface area contributed by atoms with Gasteiger partial charge in [-0.15, -0.1) is 0 Å². The van der Waals surface area contributed by atoms with Gasteiger partial charge in [0.2, 0.25) is 10.0 Å². The number of aromatic nitrogens is 1. The Labute approximate surface area is 134 Å². The molecule has 0 bridgehead atoms. The first-order chi connectivity index (χ1) is 10.9. The molecule has 0 atom stereocenters. The van der Waals surface area contributed by atoms with Crippen molar-refractivity contribution in [1.29, 1.82) is 0 Å². The lowest BCUT2D eigenvalue weighted by Crippen LogP contribution is -2.49. The van der Waals surface area contributed by atoms with Crippen molar-refractivity contribution < 1.29 is 17.3 Å².